The number of para-hydroxylation sites is 1. The lowest BCUT2D eigenvalue weighted by Crippen LogP contribution is -2.16. The zero-order valence-corrected chi connectivity index (χ0v) is 39.1. The summed E-state index contributed by atoms with van der Waals surface area (Å²) in [6, 6.07) is 80.5. The fraction of sp³-hybridized carbons (Fsp3) is 0.0909. The molecule has 2 aliphatic rings. The van der Waals surface area contributed by atoms with Crippen molar-refractivity contribution in [2.45, 2.75) is 38.5 Å². The molecular weight excluding hydrogens is 837 g/mol. The summed E-state index contributed by atoms with van der Waals surface area (Å²) in [5.41, 5.74) is 23.8. The van der Waals surface area contributed by atoms with Gasteiger partial charge in [0.1, 0.15) is 11.2 Å². The minimum absolute atomic E-state index is 0.0862. The Balaban J connectivity index is 0.939. The van der Waals surface area contributed by atoms with E-state index in [9.17, 15) is 0 Å². The molecule has 0 radical (unpaired) electrons. The predicted molar refractivity (Wildman–Crippen MR) is 289 cm³/mol. The van der Waals surface area contributed by atoms with E-state index in [0.717, 1.165) is 50.1 Å². The average molecular weight is 885 g/mol. The number of hydrogen-bond donors (Lipinski definition) is 0. The van der Waals surface area contributed by atoms with Crippen LogP contribution in [0.5, 0.6) is 0 Å². The standard InChI is InChI=1S/C66H48N2O/c1-65(2)54-22-12-9-20-50(54)63-55(65)23-14-25-59(63)67(45-32-28-42(29-33-45)41-16-6-5-7-17-41)60-26-15-27-62-64(60)52-39-44(31-37-61(52)69-62)43-30-36-58-51(38-43)49-19-10-13-24-57(49)68(58)46-34-35-48-47-18-8-11-21-53(47)66(3,4)56(48)40-46/h5-40H,1-4H3. The molecule has 10 aromatic carbocycles. The van der Waals surface area contributed by atoms with Crippen LogP contribution < -0.4 is 4.90 Å². The van der Waals surface area contributed by atoms with Crippen LogP contribution in [0.25, 0.3) is 93.9 Å². The van der Waals surface area contributed by atoms with Crippen molar-refractivity contribution in [2.75, 3.05) is 4.90 Å². The molecule has 2 aliphatic carbocycles. The second kappa shape index (κ2) is 14.6. The van der Waals surface area contributed by atoms with E-state index in [1.165, 1.54) is 83.1 Å². The second-order valence-corrected chi connectivity index (χ2v) is 20.1. The van der Waals surface area contributed by atoms with E-state index in [1.54, 1.807) is 0 Å². The molecule has 0 bridgehead atoms. The lowest BCUT2D eigenvalue weighted by Gasteiger charge is -2.29. The lowest BCUT2D eigenvalue weighted by atomic mass is 9.82. The summed E-state index contributed by atoms with van der Waals surface area (Å²) >= 11 is 0. The molecule has 0 aliphatic heterocycles. The molecule has 328 valence electrons. The highest BCUT2D eigenvalue weighted by atomic mass is 16.3. The Morgan fingerprint density at radius 3 is 1.80 bits per heavy atom. The van der Waals surface area contributed by atoms with Gasteiger partial charge in [-0.3, -0.25) is 0 Å². The van der Waals surface area contributed by atoms with Gasteiger partial charge in [-0.2, -0.15) is 0 Å². The molecule has 0 spiro atoms. The average Bonchev–Trinajstić information content (AvgIpc) is 4.08. The maximum atomic E-state index is 6.78. The van der Waals surface area contributed by atoms with Gasteiger partial charge in [-0.15, -0.1) is 0 Å². The minimum atomic E-state index is -0.147. The van der Waals surface area contributed by atoms with Gasteiger partial charge in [0.2, 0.25) is 0 Å². The van der Waals surface area contributed by atoms with Crippen LogP contribution in [-0.2, 0) is 10.8 Å². The summed E-state index contributed by atoms with van der Waals surface area (Å²) in [5.74, 6) is 0. The Morgan fingerprint density at radius 1 is 0.377 bits per heavy atom. The molecule has 2 heterocycles. The van der Waals surface area contributed by atoms with Crippen molar-refractivity contribution >= 4 is 60.8 Å². The van der Waals surface area contributed by atoms with Crippen LogP contribution in [-0.4, -0.2) is 4.57 Å². The third-order valence-electron chi connectivity index (χ3n) is 15.6. The summed E-state index contributed by atoms with van der Waals surface area (Å²) in [7, 11) is 0. The molecule has 0 N–H and O–H groups in total. The monoisotopic (exact) mass is 884 g/mol. The number of fused-ring (bicyclic) bond motifs is 12. The maximum absolute atomic E-state index is 6.78. The molecule has 69 heavy (non-hydrogen) atoms. The van der Waals surface area contributed by atoms with Crippen molar-refractivity contribution in [3.63, 3.8) is 0 Å². The predicted octanol–water partition coefficient (Wildman–Crippen LogP) is 18.1. The van der Waals surface area contributed by atoms with Crippen LogP contribution >= 0.6 is 0 Å². The van der Waals surface area contributed by atoms with Gasteiger partial charge < -0.3 is 13.9 Å². The van der Waals surface area contributed by atoms with E-state index in [0.29, 0.717) is 0 Å². The number of rotatable bonds is 6. The quantitative estimate of drug-likeness (QED) is 0.166. The number of hydrogen-bond acceptors (Lipinski definition) is 2. The Kier molecular flexibility index (Phi) is 8.38. The van der Waals surface area contributed by atoms with Gasteiger partial charge in [-0.05, 0) is 134 Å². The van der Waals surface area contributed by atoms with Crippen LogP contribution in [0.15, 0.2) is 223 Å². The zero-order valence-electron chi connectivity index (χ0n) is 39.1. The first-order valence-electron chi connectivity index (χ1n) is 24.2. The lowest BCUT2D eigenvalue weighted by molar-refractivity contribution is 0.660. The number of anilines is 3. The van der Waals surface area contributed by atoms with E-state index >= 15 is 0 Å². The van der Waals surface area contributed by atoms with Crippen molar-refractivity contribution in [3.8, 4) is 50.2 Å². The van der Waals surface area contributed by atoms with Gasteiger partial charge in [-0.25, -0.2) is 0 Å². The van der Waals surface area contributed by atoms with Crippen molar-refractivity contribution in [1.29, 1.82) is 0 Å². The first-order valence-corrected chi connectivity index (χ1v) is 24.2. The van der Waals surface area contributed by atoms with Crippen molar-refractivity contribution in [3.05, 3.63) is 241 Å². The Labute approximate surface area is 402 Å². The van der Waals surface area contributed by atoms with Crippen LogP contribution in [0.4, 0.5) is 17.1 Å². The van der Waals surface area contributed by atoms with Gasteiger partial charge in [0.05, 0.1) is 27.8 Å². The van der Waals surface area contributed by atoms with Crippen LogP contribution in [0.3, 0.4) is 0 Å². The highest BCUT2D eigenvalue weighted by Gasteiger charge is 2.38. The topological polar surface area (TPSA) is 21.3 Å². The molecule has 14 rings (SSSR count). The summed E-state index contributed by atoms with van der Waals surface area (Å²) in [6.45, 7) is 9.43. The molecule has 12 aromatic rings. The van der Waals surface area contributed by atoms with E-state index in [-0.39, 0.29) is 10.8 Å². The summed E-state index contributed by atoms with van der Waals surface area (Å²) < 4.78 is 9.23. The van der Waals surface area contributed by atoms with E-state index < -0.39 is 0 Å². The molecule has 0 saturated carbocycles. The first-order chi connectivity index (χ1) is 33.7. The highest BCUT2D eigenvalue weighted by Crippen LogP contribution is 2.56. The van der Waals surface area contributed by atoms with Gasteiger partial charge >= 0.3 is 0 Å². The summed E-state index contributed by atoms with van der Waals surface area (Å²) in [4.78, 5) is 2.47. The summed E-state index contributed by atoms with van der Waals surface area (Å²) in [6.07, 6.45) is 0. The Morgan fingerprint density at radius 2 is 0.971 bits per heavy atom. The maximum Gasteiger partial charge on any atom is 0.137 e. The highest BCUT2D eigenvalue weighted by molar-refractivity contribution is 6.16. The molecule has 0 unspecified atom stereocenters. The van der Waals surface area contributed by atoms with Crippen LogP contribution in [0.2, 0.25) is 0 Å². The normalized spacial score (nSPS) is 14.0. The number of aromatic nitrogens is 1. The van der Waals surface area contributed by atoms with Crippen LogP contribution in [0.1, 0.15) is 49.9 Å². The van der Waals surface area contributed by atoms with Crippen molar-refractivity contribution in [2.24, 2.45) is 0 Å². The number of nitrogens with zero attached hydrogens (tertiary/aromatic N) is 2. The van der Waals surface area contributed by atoms with Crippen LogP contribution in [0, 0.1) is 0 Å². The van der Waals surface area contributed by atoms with E-state index in [1.807, 2.05) is 0 Å². The van der Waals surface area contributed by atoms with E-state index in [4.69, 9.17) is 4.42 Å². The van der Waals surface area contributed by atoms with Gasteiger partial charge in [-0.1, -0.05) is 173 Å². The number of benzene rings is 10. The minimum Gasteiger partial charge on any atom is -0.456 e. The smallest absolute Gasteiger partial charge is 0.137 e. The molecule has 0 atom stereocenters. The Bertz CT molecular complexity index is 4070. The number of furan rings is 1. The third-order valence-corrected chi connectivity index (χ3v) is 15.6. The fourth-order valence-corrected chi connectivity index (χ4v) is 12.2. The van der Waals surface area contributed by atoms with E-state index in [2.05, 4.69) is 256 Å². The van der Waals surface area contributed by atoms with Gasteiger partial charge in [0, 0.05) is 43.9 Å². The molecule has 3 nitrogen and oxygen atoms in total. The third kappa shape index (κ3) is 5.74. The second-order valence-electron chi connectivity index (χ2n) is 20.1. The zero-order chi connectivity index (χ0) is 46.2. The fourth-order valence-electron chi connectivity index (χ4n) is 12.2. The molecule has 0 amide bonds. The molecule has 3 heteroatoms. The van der Waals surface area contributed by atoms with Gasteiger partial charge in [0.15, 0.2) is 0 Å². The van der Waals surface area contributed by atoms with Crippen molar-refractivity contribution < 1.29 is 4.42 Å². The van der Waals surface area contributed by atoms with Gasteiger partial charge in [0.25, 0.3) is 0 Å². The molecule has 2 aromatic heterocycles. The Hall–Kier alpha value is -8.40. The largest absolute Gasteiger partial charge is 0.456 e. The SMILES string of the molecule is CC1(C)c2ccccc2-c2ccc(-n3c4ccccc4c4cc(-c5ccc6oc7cccc(N(c8ccc(-c9ccccc9)cc8)c8cccc9c8-c8ccccc8C9(C)C)c7c6c5)ccc43)cc21. The molecular formula is C66H48N2O. The first kappa shape index (κ1) is 39.7. The van der Waals surface area contributed by atoms with Crippen molar-refractivity contribution in [1.82, 2.24) is 4.57 Å². The molecule has 0 saturated heterocycles. The molecule has 0 fully saturated rings. The summed E-state index contributed by atoms with van der Waals surface area (Å²) in [5, 5.41) is 4.64.